The lowest BCUT2D eigenvalue weighted by atomic mass is 10.1. The Morgan fingerprint density at radius 2 is 1.79 bits per heavy atom. The molecule has 3 aromatic rings. The molecular weight excluding hydrogens is 410 g/mol. The Morgan fingerprint density at radius 3 is 2.55 bits per heavy atom. The molecule has 0 unspecified atom stereocenters. The number of hydrogen-bond acceptors (Lipinski definition) is 5. The van der Waals surface area contributed by atoms with Gasteiger partial charge in [0.05, 0.1) is 12.1 Å². The van der Waals surface area contributed by atoms with Gasteiger partial charge in [-0.3, -0.25) is 0 Å². The van der Waals surface area contributed by atoms with Crippen LogP contribution in [0.4, 0.5) is 5.82 Å². The molecular formula is C27H39N5O. The highest BCUT2D eigenvalue weighted by molar-refractivity contribution is 5.89. The van der Waals surface area contributed by atoms with Crippen molar-refractivity contribution in [3.05, 3.63) is 53.0 Å². The molecule has 33 heavy (non-hydrogen) atoms. The van der Waals surface area contributed by atoms with Crippen molar-refractivity contribution in [1.29, 1.82) is 0 Å². The van der Waals surface area contributed by atoms with Crippen molar-refractivity contribution in [1.82, 2.24) is 19.4 Å². The molecule has 1 saturated heterocycles. The Balaban J connectivity index is 1.53. The van der Waals surface area contributed by atoms with Gasteiger partial charge in [-0.2, -0.15) is 0 Å². The highest BCUT2D eigenvalue weighted by Crippen LogP contribution is 2.30. The molecule has 178 valence electrons. The number of benzene rings is 1. The summed E-state index contributed by atoms with van der Waals surface area (Å²) in [6, 6.07) is 10.3. The highest BCUT2D eigenvalue weighted by atomic mass is 16.5. The van der Waals surface area contributed by atoms with Crippen molar-refractivity contribution in [2.45, 2.75) is 78.6 Å². The zero-order valence-electron chi connectivity index (χ0n) is 20.4. The van der Waals surface area contributed by atoms with Crippen LogP contribution in [0.1, 0.15) is 68.1 Å². The molecule has 0 atom stereocenters. The number of hydrogen-bond donors (Lipinski definition) is 1. The van der Waals surface area contributed by atoms with Gasteiger partial charge in [0.25, 0.3) is 0 Å². The fourth-order valence-corrected chi connectivity index (χ4v) is 4.88. The van der Waals surface area contributed by atoms with Gasteiger partial charge in [-0.25, -0.2) is 9.97 Å². The van der Waals surface area contributed by atoms with Gasteiger partial charge in [0.15, 0.2) is 5.82 Å². The van der Waals surface area contributed by atoms with Crippen molar-refractivity contribution in [3.8, 4) is 0 Å². The highest BCUT2D eigenvalue weighted by Gasteiger charge is 2.20. The fourth-order valence-electron chi connectivity index (χ4n) is 4.88. The first-order valence-corrected chi connectivity index (χ1v) is 12.7. The zero-order valence-corrected chi connectivity index (χ0v) is 20.4. The van der Waals surface area contributed by atoms with Gasteiger partial charge in [-0.05, 0) is 76.2 Å². The van der Waals surface area contributed by atoms with Gasteiger partial charge in [0.1, 0.15) is 18.1 Å². The lowest BCUT2D eigenvalue weighted by molar-refractivity contribution is 0.0656. The Morgan fingerprint density at radius 1 is 1.00 bits per heavy atom. The Bertz CT molecular complexity index is 1020. The number of aromatic nitrogens is 3. The van der Waals surface area contributed by atoms with Crippen LogP contribution >= 0.6 is 0 Å². The maximum absolute atomic E-state index is 6.50. The van der Waals surface area contributed by atoms with Crippen molar-refractivity contribution in [2.24, 2.45) is 0 Å². The van der Waals surface area contributed by atoms with E-state index >= 15 is 0 Å². The van der Waals surface area contributed by atoms with Gasteiger partial charge >= 0.3 is 0 Å². The second-order valence-electron chi connectivity index (χ2n) is 9.29. The number of nitrogens with two attached hydrogens (primary N) is 1. The van der Waals surface area contributed by atoms with E-state index in [1.54, 1.807) is 0 Å². The van der Waals surface area contributed by atoms with E-state index in [1.165, 1.54) is 55.7 Å². The van der Waals surface area contributed by atoms with Crippen LogP contribution in [0.25, 0.3) is 11.0 Å². The summed E-state index contributed by atoms with van der Waals surface area (Å²) in [5.41, 5.74) is 12.1. The van der Waals surface area contributed by atoms with Crippen molar-refractivity contribution in [3.63, 3.8) is 0 Å². The molecule has 6 heteroatoms. The number of fused-ring (bicyclic) bond motifs is 1. The Kier molecular flexibility index (Phi) is 8.35. The molecule has 0 spiro atoms. The van der Waals surface area contributed by atoms with Crippen LogP contribution < -0.4 is 5.73 Å². The number of nitrogens with zero attached hydrogens (tertiary/aromatic N) is 4. The van der Waals surface area contributed by atoms with E-state index in [-0.39, 0.29) is 0 Å². The third-order valence-electron chi connectivity index (χ3n) is 6.79. The zero-order chi connectivity index (χ0) is 23.0. The number of likely N-dealkylation sites (tertiary alicyclic amines) is 1. The monoisotopic (exact) mass is 449 g/mol. The summed E-state index contributed by atoms with van der Waals surface area (Å²) >= 11 is 0. The normalized spacial score (nSPS) is 14.5. The molecule has 1 fully saturated rings. The smallest absolute Gasteiger partial charge is 0.151 e. The van der Waals surface area contributed by atoms with E-state index in [1.807, 2.05) is 18.2 Å². The first kappa shape index (κ1) is 23.7. The summed E-state index contributed by atoms with van der Waals surface area (Å²) in [4.78, 5) is 12.2. The molecule has 4 rings (SSSR count). The second kappa shape index (κ2) is 11.6. The summed E-state index contributed by atoms with van der Waals surface area (Å²) in [5.74, 6) is 1.43. The summed E-state index contributed by atoms with van der Waals surface area (Å²) in [5, 5.41) is 0. The third kappa shape index (κ3) is 5.92. The minimum absolute atomic E-state index is 0.451. The van der Waals surface area contributed by atoms with E-state index in [4.69, 9.17) is 15.5 Å². The Hall–Kier alpha value is -2.44. The van der Waals surface area contributed by atoms with E-state index in [0.717, 1.165) is 49.0 Å². The molecule has 2 aromatic heterocycles. The average molecular weight is 450 g/mol. The van der Waals surface area contributed by atoms with Gasteiger partial charge in [-0.1, -0.05) is 43.7 Å². The van der Waals surface area contributed by atoms with Crippen LogP contribution in [-0.2, 0) is 30.9 Å². The predicted molar refractivity (Wildman–Crippen MR) is 135 cm³/mol. The van der Waals surface area contributed by atoms with Crippen LogP contribution in [0.5, 0.6) is 0 Å². The number of ether oxygens (including phenoxy) is 1. The molecule has 6 nitrogen and oxygen atoms in total. The molecule has 3 heterocycles. The van der Waals surface area contributed by atoms with Crippen LogP contribution in [-0.4, -0.2) is 39.1 Å². The van der Waals surface area contributed by atoms with Crippen molar-refractivity contribution < 1.29 is 4.74 Å². The van der Waals surface area contributed by atoms with Gasteiger partial charge in [0, 0.05) is 12.1 Å². The minimum Gasteiger partial charge on any atom is -0.382 e. The summed E-state index contributed by atoms with van der Waals surface area (Å²) in [6.45, 7) is 9.13. The molecule has 1 aliphatic rings. The molecule has 0 saturated carbocycles. The average Bonchev–Trinajstić information content (AvgIpc) is 3.43. The molecule has 1 aliphatic heterocycles. The van der Waals surface area contributed by atoms with E-state index < -0.39 is 0 Å². The molecule has 1 aromatic carbocycles. The van der Waals surface area contributed by atoms with Gasteiger partial charge in [-0.15, -0.1) is 0 Å². The van der Waals surface area contributed by atoms with Gasteiger partial charge in [0.2, 0.25) is 0 Å². The number of anilines is 1. The summed E-state index contributed by atoms with van der Waals surface area (Å²) in [6.07, 6.45) is 9.19. The third-order valence-corrected chi connectivity index (χ3v) is 6.79. The quantitative estimate of drug-likeness (QED) is 0.382. The van der Waals surface area contributed by atoms with Crippen LogP contribution in [0.2, 0.25) is 0 Å². The van der Waals surface area contributed by atoms with Crippen LogP contribution in [0.3, 0.4) is 0 Å². The number of aryl methyl sites for hydroxylation is 2. The molecule has 2 N–H and O–H groups in total. The first-order valence-electron chi connectivity index (χ1n) is 12.7. The second-order valence-corrected chi connectivity index (χ2v) is 9.29. The predicted octanol–water partition coefficient (Wildman–Crippen LogP) is 5.26. The minimum atomic E-state index is 0.451. The van der Waals surface area contributed by atoms with E-state index in [2.05, 4.69) is 40.4 Å². The Labute approximate surface area is 198 Å². The van der Waals surface area contributed by atoms with Gasteiger partial charge < -0.3 is 19.9 Å². The topological polar surface area (TPSA) is 69.2 Å². The van der Waals surface area contributed by atoms with Crippen molar-refractivity contribution in [2.75, 3.05) is 25.4 Å². The molecule has 0 radical (unpaired) electrons. The largest absolute Gasteiger partial charge is 0.382 e. The molecule has 0 bridgehead atoms. The van der Waals surface area contributed by atoms with Crippen molar-refractivity contribution >= 4 is 16.9 Å². The summed E-state index contributed by atoms with van der Waals surface area (Å²) in [7, 11) is 0. The van der Waals surface area contributed by atoms with Crippen LogP contribution in [0, 0.1) is 6.92 Å². The fraction of sp³-hybridized carbons (Fsp3) is 0.556. The SMILES string of the molecule is CCCCc1nc(N)c2c(n1)c(CCCCN1CCCC1)c(C)n2COCc1ccccc1. The number of unbranched alkanes of at least 4 members (excludes halogenated alkanes) is 2. The van der Waals surface area contributed by atoms with E-state index in [0.29, 0.717) is 19.2 Å². The number of rotatable bonds is 12. The molecule has 0 aliphatic carbocycles. The van der Waals surface area contributed by atoms with E-state index in [9.17, 15) is 0 Å². The van der Waals surface area contributed by atoms with Crippen LogP contribution in [0.15, 0.2) is 30.3 Å². The standard InChI is InChI=1S/C27H39N5O/c1-3-4-15-24-29-25-23(14-8-9-16-31-17-10-11-18-31)21(2)32(26(25)27(28)30-24)20-33-19-22-12-6-5-7-13-22/h5-7,12-13H,3-4,8-11,14-20H2,1-2H3,(H2,28,29,30). The molecule has 0 amide bonds. The maximum Gasteiger partial charge on any atom is 0.151 e. The number of nitrogen functional groups attached to an aromatic ring is 1. The first-order chi connectivity index (χ1) is 16.2. The lowest BCUT2D eigenvalue weighted by Gasteiger charge is -2.14. The maximum atomic E-state index is 6.50. The lowest BCUT2D eigenvalue weighted by Crippen LogP contribution is -2.20. The summed E-state index contributed by atoms with van der Waals surface area (Å²) < 4.78 is 8.27.